The number of nitrogens with one attached hydrogen (secondary N) is 1. The lowest BCUT2D eigenvalue weighted by atomic mass is 9.85. The summed E-state index contributed by atoms with van der Waals surface area (Å²) in [5.41, 5.74) is 10.1. The van der Waals surface area contributed by atoms with Crippen molar-refractivity contribution in [3.63, 3.8) is 0 Å². The first-order valence-electron chi connectivity index (χ1n) is 18.7. The lowest BCUT2D eigenvalue weighted by molar-refractivity contribution is -0.155. The molecule has 3 N–H and O–H groups in total. The number of aromatic nitrogens is 2. The normalized spacial score (nSPS) is 22.4. The van der Waals surface area contributed by atoms with E-state index in [0.717, 1.165) is 30.7 Å². The van der Waals surface area contributed by atoms with Gasteiger partial charge in [-0.05, 0) is 57.0 Å². The van der Waals surface area contributed by atoms with Crippen molar-refractivity contribution < 1.29 is 36.6 Å². The fourth-order valence-corrected chi connectivity index (χ4v) is 8.10. The number of hydrogen-bond acceptors (Lipinski definition) is 11. The van der Waals surface area contributed by atoms with Gasteiger partial charge in [0.25, 0.3) is 5.91 Å². The van der Waals surface area contributed by atoms with Gasteiger partial charge in [0.2, 0.25) is 0 Å². The Balaban J connectivity index is 1.53. The van der Waals surface area contributed by atoms with Crippen LogP contribution in [0.5, 0.6) is 0 Å². The third-order valence-electron chi connectivity index (χ3n) is 10.5. The molecule has 0 spiro atoms. The molecule has 1 amide bonds. The Labute approximate surface area is 328 Å². The van der Waals surface area contributed by atoms with E-state index in [-0.39, 0.29) is 52.9 Å². The molecule has 6 rings (SSSR count). The maximum Gasteiger partial charge on any atom is 0.406 e. The molecule has 3 aliphatic rings. The Morgan fingerprint density at radius 1 is 1.23 bits per heavy atom. The van der Waals surface area contributed by atoms with Gasteiger partial charge in [0.1, 0.15) is 18.4 Å². The number of allylic oxidation sites excluding steroid dienone is 1. The average molecular weight is 803 g/mol. The van der Waals surface area contributed by atoms with Crippen molar-refractivity contribution in [3.05, 3.63) is 57.6 Å². The van der Waals surface area contributed by atoms with Crippen molar-refractivity contribution in [2.24, 2.45) is 16.1 Å². The molecule has 3 atom stereocenters. The number of hydrogen-bond donors (Lipinski definition) is 2. The number of likely N-dealkylation sites (N-methyl/N-ethyl adjacent to an activating group) is 1. The zero-order valence-corrected chi connectivity index (χ0v) is 33.2. The third kappa shape index (κ3) is 9.34. The maximum absolute atomic E-state index is 17.2. The van der Waals surface area contributed by atoms with Crippen molar-refractivity contribution in [3.8, 4) is 11.3 Å². The van der Waals surface area contributed by atoms with Crippen LogP contribution >= 0.6 is 11.3 Å². The van der Waals surface area contributed by atoms with Gasteiger partial charge in [-0.25, -0.2) is 14.8 Å². The topological polar surface area (TPSA) is 131 Å². The number of nitrogens with two attached hydrogens (primary N) is 1. The summed E-state index contributed by atoms with van der Waals surface area (Å²) in [5, 5.41) is 3.44. The van der Waals surface area contributed by atoms with Crippen molar-refractivity contribution in [1.82, 2.24) is 29.8 Å². The number of nitrogens with zero attached hydrogens (tertiary/aromatic N) is 6. The minimum Gasteiger partial charge on any atom is -0.464 e. The lowest BCUT2D eigenvalue weighted by Crippen LogP contribution is -2.59. The molecule has 12 nitrogen and oxygen atoms in total. The van der Waals surface area contributed by atoms with Crippen LogP contribution in [0.15, 0.2) is 40.5 Å². The zero-order chi connectivity index (χ0) is 40.5. The van der Waals surface area contributed by atoms with E-state index < -0.39 is 54.0 Å². The van der Waals surface area contributed by atoms with Gasteiger partial charge in [-0.2, -0.15) is 13.2 Å². The Morgan fingerprint density at radius 3 is 2.66 bits per heavy atom. The van der Waals surface area contributed by atoms with Crippen LogP contribution in [-0.2, 0) is 38.4 Å². The van der Waals surface area contributed by atoms with Gasteiger partial charge in [-0.1, -0.05) is 20.4 Å². The van der Waals surface area contributed by atoms with Crippen molar-refractivity contribution >= 4 is 46.4 Å². The Morgan fingerprint density at radius 2 is 1.96 bits per heavy atom. The molecule has 17 heteroatoms. The largest absolute Gasteiger partial charge is 0.464 e. The smallest absolute Gasteiger partial charge is 0.406 e. The highest BCUT2D eigenvalue weighted by atomic mass is 32.1. The molecular formula is C39H50F4N8O4S. The van der Waals surface area contributed by atoms with E-state index in [2.05, 4.69) is 26.8 Å². The maximum atomic E-state index is 17.2. The summed E-state index contributed by atoms with van der Waals surface area (Å²) in [6.45, 7) is 11.5. The van der Waals surface area contributed by atoms with Crippen LogP contribution in [0.25, 0.3) is 28.2 Å². The first kappa shape index (κ1) is 41.5. The molecule has 0 saturated carbocycles. The number of benzene rings is 1. The molecule has 2 fully saturated rings. The average Bonchev–Trinajstić information content (AvgIpc) is 3.72. The van der Waals surface area contributed by atoms with E-state index in [0.29, 0.717) is 35.8 Å². The van der Waals surface area contributed by atoms with E-state index in [4.69, 9.17) is 20.2 Å². The number of amides is 1. The van der Waals surface area contributed by atoms with E-state index in [9.17, 15) is 22.8 Å². The summed E-state index contributed by atoms with van der Waals surface area (Å²) in [7, 11) is 3.51. The molecule has 56 heavy (non-hydrogen) atoms. The second kappa shape index (κ2) is 16.7. The Kier molecular flexibility index (Phi) is 12.4. The number of ether oxygens (including phenoxy) is 2. The van der Waals surface area contributed by atoms with Gasteiger partial charge in [0.15, 0.2) is 0 Å². The number of thiazole rings is 1. The van der Waals surface area contributed by atoms with Crippen LogP contribution in [0.4, 0.5) is 17.6 Å². The van der Waals surface area contributed by atoms with Gasteiger partial charge in [-0.3, -0.25) is 19.6 Å². The second-order valence-electron chi connectivity index (χ2n) is 15.6. The van der Waals surface area contributed by atoms with Crippen molar-refractivity contribution in [1.29, 1.82) is 0 Å². The Hall–Kier alpha value is -4.16. The third-order valence-corrected chi connectivity index (χ3v) is 11.4. The molecule has 3 aliphatic heterocycles. The number of halogens is 4. The molecule has 0 unspecified atom stereocenters. The van der Waals surface area contributed by atoms with Gasteiger partial charge in [-0.15, -0.1) is 11.3 Å². The van der Waals surface area contributed by atoms with E-state index in [1.165, 1.54) is 41.7 Å². The number of hydrazine groups is 1. The Bertz CT molecular complexity index is 2020. The molecule has 3 aromatic rings. The standard InChI is InChI=1S/C39H50F4N8O4S/c1-23(49-14-12-48(5)13-15-49)19-45-29(24(2)54-6)17-32-26-18-38(3,4)22-55-37(53)28-8-7-11-51(47-28)36(52)27(44)16-33-46-30(20-56-33)25-9-10-31(34(26)35(25)40)50(32)21-39(41,42)43/h9-10,17,19-20,24,27-28,47H,1,7-8,11-16,18,21-22,44H2,2-6H3/b29-17+,45-19-/t24-,27-,28-/m0/s1. The van der Waals surface area contributed by atoms with Crippen LogP contribution in [-0.4, -0.2) is 120 Å². The zero-order valence-electron chi connectivity index (χ0n) is 32.4. The summed E-state index contributed by atoms with van der Waals surface area (Å²) in [5.74, 6) is -1.76. The molecule has 6 bridgehead atoms. The number of cyclic esters (lactones) is 1. The van der Waals surface area contributed by atoms with Gasteiger partial charge in [0.05, 0.1) is 40.7 Å². The molecule has 0 aliphatic carbocycles. The lowest BCUT2D eigenvalue weighted by Gasteiger charge is -2.34. The number of alkyl halides is 3. The minimum atomic E-state index is -4.68. The monoisotopic (exact) mass is 802 g/mol. The fraction of sp³-hybridized carbons (Fsp3) is 0.538. The van der Waals surface area contributed by atoms with Crippen LogP contribution in [0.1, 0.15) is 49.9 Å². The van der Waals surface area contributed by atoms with Crippen LogP contribution in [0.3, 0.4) is 0 Å². The number of fused-ring (bicyclic) bond motifs is 6. The van der Waals surface area contributed by atoms with Gasteiger partial charge >= 0.3 is 12.1 Å². The molecule has 304 valence electrons. The van der Waals surface area contributed by atoms with Gasteiger partial charge < -0.3 is 29.6 Å². The number of methoxy groups -OCH3 is 1. The van der Waals surface area contributed by atoms with Crippen LogP contribution in [0.2, 0.25) is 0 Å². The molecule has 1 aromatic carbocycles. The van der Waals surface area contributed by atoms with Crippen LogP contribution in [0, 0.1) is 11.2 Å². The number of rotatable bonds is 7. The van der Waals surface area contributed by atoms with E-state index in [1.807, 2.05) is 7.05 Å². The molecule has 2 saturated heterocycles. The molecule has 0 radical (unpaired) electrons. The first-order valence-corrected chi connectivity index (χ1v) is 19.6. The highest BCUT2D eigenvalue weighted by molar-refractivity contribution is 7.10. The van der Waals surface area contributed by atoms with Crippen molar-refractivity contribution in [2.45, 2.75) is 77.4 Å². The number of carbonyl (C=O) groups is 2. The predicted octanol–water partition coefficient (Wildman–Crippen LogP) is 5.16. The summed E-state index contributed by atoms with van der Waals surface area (Å²) in [6.07, 6.45) is -1.21. The highest BCUT2D eigenvalue weighted by Crippen LogP contribution is 2.40. The summed E-state index contributed by atoms with van der Waals surface area (Å²) in [6, 6.07) is 1.08. The SMILES string of the molecule is C=C(/C=N\C(=C\c1c2c3c(F)c(ccc3n1CC(F)(F)F)-c1csc(n1)C[C@H](N)C(=O)N1CCC[C@H](N1)C(=O)OCC(C)(C)C2)[C@H](C)OC)N1CCN(C)CC1. The summed E-state index contributed by atoms with van der Waals surface area (Å²) >= 11 is 1.20. The summed E-state index contributed by atoms with van der Waals surface area (Å²) < 4.78 is 73.2. The minimum absolute atomic E-state index is 0.0140. The number of esters is 1. The number of piperazine rings is 1. The van der Waals surface area contributed by atoms with E-state index in [1.54, 1.807) is 32.4 Å². The molecule has 2 aromatic heterocycles. The predicted molar refractivity (Wildman–Crippen MR) is 208 cm³/mol. The number of aliphatic imine (C=N–C) groups is 1. The first-order chi connectivity index (χ1) is 26.4. The highest BCUT2D eigenvalue weighted by Gasteiger charge is 2.36. The fourth-order valence-electron chi connectivity index (χ4n) is 7.25. The van der Waals surface area contributed by atoms with Crippen molar-refractivity contribution in [2.75, 3.05) is 53.5 Å². The quantitative estimate of drug-likeness (QED) is 0.189. The number of carbonyl (C=O) groups excluding carboxylic acids is 2. The van der Waals surface area contributed by atoms with Crippen LogP contribution < -0.4 is 11.2 Å². The molecule has 5 heterocycles. The van der Waals surface area contributed by atoms with Gasteiger partial charge in [0, 0.05) is 85.6 Å². The summed E-state index contributed by atoms with van der Waals surface area (Å²) in [4.78, 5) is 40.3. The second-order valence-corrected chi connectivity index (χ2v) is 16.5. The molecular weight excluding hydrogens is 753 g/mol. The van der Waals surface area contributed by atoms with E-state index >= 15 is 4.39 Å².